The number of Topliss-reactive ketones (excluding diaryl/α,β-unsaturated/α-hetero) is 1. The summed E-state index contributed by atoms with van der Waals surface area (Å²) in [5.41, 5.74) is 2.03. The lowest BCUT2D eigenvalue weighted by Gasteiger charge is -2.47. The van der Waals surface area contributed by atoms with Gasteiger partial charge in [0.05, 0.1) is 25.0 Å². The van der Waals surface area contributed by atoms with Crippen molar-refractivity contribution in [3.05, 3.63) is 71.8 Å². The number of ketones is 1. The van der Waals surface area contributed by atoms with Gasteiger partial charge >= 0.3 is 0 Å². The molecule has 1 spiro atoms. The van der Waals surface area contributed by atoms with Gasteiger partial charge in [-0.05, 0) is 11.1 Å². The second kappa shape index (κ2) is 5.83. The number of benzene rings is 2. The predicted molar refractivity (Wildman–Crippen MR) is 91.7 cm³/mol. The third-order valence-corrected chi connectivity index (χ3v) is 5.51. The van der Waals surface area contributed by atoms with Gasteiger partial charge in [-0.15, -0.1) is 0 Å². The summed E-state index contributed by atoms with van der Waals surface area (Å²) in [4.78, 5) is 11.9. The first-order chi connectivity index (χ1) is 11.6. The van der Waals surface area contributed by atoms with Crippen molar-refractivity contribution in [2.24, 2.45) is 5.92 Å². The molecular weight excluding hydrogens is 300 g/mol. The molecule has 1 atom stereocenters. The van der Waals surface area contributed by atoms with Crippen LogP contribution < -0.4 is 0 Å². The highest BCUT2D eigenvalue weighted by atomic mass is 16.7. The molecule has 3 nitrogen and oxygen atoms in total. The Morgan fingerprint density at radius 2 is 1.38 bits per heavy atom. The van der Waals surface area contributed by atoms with Gasteiger partial charge in [0.1, 0.15) is 5.78 Å². The van der Waals surface area contributed by atoms with Crippen LogP contribution >= 0.6 is 0 Å². The Morgan fingerprint density at radius 3 is 1.79 bits per heavy atom. The maximum atomic E-state index is 11.9. The zero-order valence-electron chi connectivity index (χ0n) is 13.9. The van der Waals surface area contributed by atoms with Crippen LogP contribution in [-0.4, -0.2) is 24.8 Å². The Hall–Kier alpha value is -1.97. The average molecular weight is 322 g/mol. The molecule has 2 aromatic carbocycles. The van der Waals surface area contributed by atoms with Crippen molar-refractivity contribution in [2.45, 2.75) is 31.0 Å². The summed E-state index contributed by atoms with van der Waals surface area (Å²) in [6, 6.07) is 20.7. The first kappa shape index (κ1) is 15.6. The van der Waals surface area contributed by atoms with Crippen LogP contribution in [0.3, 0.4) is 0 Å². The Balaban J connectivity index is 1.71. The molecule has 0 amide bonds. The maximum absolute atomic E-state index is 11.9. The molecule has 2 aromatic rings. The van der Waals surface area contributed by atoms with Gasteiger partial charge in [-0.25, -0.2) is 0 Å². The fourth-order valence-electron chi connectivity index (χ4n) is 3.99. The van der Waals surface area contributed by atoms with Gasteiger partial charge in [-0.3, -0.25) is 4.79 Å². The van der Waals surface area contributed by atoms with E-state index in [1.54, 1.807) is 0 Å². The van der Waals surface area contributed by atoms with Gasteiger partial charge in [-0.2, -0.15) is 0 Å². The third kappa shape index (κ3) is 2.40. The smallest absolute Gasteiger partial charge is 0.178 e. The molecule has 24 heavy (non-hydrogen) atoms. The summed E-state index contributed by atoms with van der Waals surface area (Å²) in [5, 5.41) is 0. The van der Waals surface area contributed by atoms with Gasteiger partial charge in [0, 0.05) is 12.3 Å². The highest BCUT2D eigenvalue weighted by molar-refractivity contribution is 5.82. The molecule has 1 heterocycles. The van der Waals surface area contributed by atoms with E-state index in [1.807, 2.05) is 43.3 Å². The van der Waals surface area contributed by atoms with Gasteiger partial charge in [-0.1, -0.05) is 67.6 Å². The lowest BCUT2D eigenvalue weighted by molar-refractivity contribution is -0.297. The SMILES string of the molecule is C[C@H]1CC(=O)CC12OCC(c1ccccc1)(c1ccccc1)CO2. The second-order valence-electron chi connectivity index (χ2n) is 7.02. The van der Waals surface area contributed by atoms with Crippen LogP contribution in [0.1, 0.15) is 30.9 Å². The number of rotatable bonds is 2. The van der Waals surface area contributed by atoms with Gasteiger partial charge in [0.25, 0.3) is 0 Å². The van der Waals surface area contributed by atoms with E-state index in [4.69, 9.17) is 9.47 Å². The zero-order chi connectivity index (χ0) is 16.6. The molecule has 1 saturated heterocycles. The van der Waals surface area contributed by atoms with Crippen LogP contribution in [0.5, 0.6) is 0 Å². The van der Waals surface area contributed by atoms with E-state index in [0.29, 0.717) is 26.1 Å². The van der Waals surface area contributed by atoms with Gasteiger partial charge < -0.3 is 9.47 Å². The minimum absolute atomic E-state index is 0.106. The van der Waals surface area contributed by atoms with Crippen molar-refractivity contribution in [1.29, 1.82) is 0 Å². The van der Waals surface area contributed by atoms with Crippen LogP contribution in [0.15, 0.2) is 60.7 Å². The molecule has 3 heteroatoms. The van der Waals surface area contributed by atoms with Crippen molar-refractivity contribution in [3.8, 4) is 0 Å². The first-order valence-electron chi connectivity index (χ1n) is 8.55. The molecule has 1 aliphatic carbocycles. The van der Waals surface area contributed by atoms with E-state index in [9.17, 15) is 4.79 Å². The van der Waals surface area contributed by atoms with Crippen LogP contribution in [0.25, 0.3) is 0 Å². The number of carbonyl (C=O) groups excluding carboxylic acids is 1. The predicted octanol–water partition coefficient (Wildman–Crippen LogP) is 3.71. The summed E-state index contributed by atoms with van der Waals surface area (Å²) >= 11 is 0. The third-order valence-electron chi connectivity index (χ3n) is 5.51. The fraction of sp³-hybridized carbons (Fsp3) is 0.381. The van der Waals surface area contributed by atoms with E-state index in [1.165, 1.54) is 11.1 Å². The summed E-state index contributed by atoms with van der Waals surface area (Å²) < 4.78 is 12.6. The Kier molecular flexibility index (Phi) is 3.78. The average Bonchev–Trinajstić information content (AvgIpc) is 2.91. The summed E-state index contributed by atoms with van der Waals surface area (Å²) in [6.07, 6.45) is 0.914. The topological polar surface area (TPSA) is 35.5 Å². The minimum atomic E-state index is -0.732. The monoisotopic (exact) mass is 322 g/mol. The van der Waals surface area contributed by atoms with Gasteiger partial charge in [0.2, 0.25) is 0 Å². The summed E-state index contributed by atoms with van der Waals surface area (Å²) in [7, 11) is 0. The van der Waals surface area contributed by atoms with Crippen LogP contribution in [-0.2, 0) is 19.7 Å². The standard InChI is InChI=1S/C21H22O3/c1-16-12-19(22)13-21(16)23-14-20(15-24-21,17-8-4-2-5-9-17)18-10-6-3-7-11-18/h2-11,16H,12-15H2,1H3/t16-/m0/s1. The van der Waals surface area contributed by atoms with Crippen LogP contribution in [0.4, 0.5) is 0 Å². The molecule has 0 aromatic heterocycles. The molecule has 1 saturated carbocycles. The lowest BCUT2D eigenvalue weighted by Crippen LogP contribution is -2.53. The lowest BCUT2D eigenvalue weighted by atomic mass is 9.75. The molecule has 1 aliphatic heterocycles. The quantitative estimate of drug-likeness (QED) is 0.845. The molecule has 0 bridgehead atoms. The Bertz CT molecular complexity index is 674. The Morgan fingerprint density at radius 1 is 0.875 bits per heavy atom. The van der Waals surface area contributed by atoms with E-state index in [0.717, 1.165) is 0 Å². The van der Waals surface area contributed by atoms with E-state index < -0.39 is 5.79 Å². The summed E-state index contributed by atoms with van der Waals surface area (Å²) in [5.74, 6) is -0.395. The number of carbonyl (C=O) groups is 1. The first-order valence-corrected chi connectivity index (χ1v) is 8.55. The normalized spacial score (nSPS) is 25.0. The molecule has 124 valence electrons. The molecule has 4 rings (SSSR count). The van der Waals surface area contributed by atoms with Crippen molar-refractivity contribution in [3.63, 3.8) is 0 Å². The Labute approximate surface area is 142 Å². The molecule has 2 aliphatic rings. The molecule has 2 fully saturated rings. The number of ether oxygens (including phenoxy) is 2. The minimum Gasteiger partial charge on any atom is -0.348 e. The van der Waals surface area contributed by atoms with Crippen molar-refractivity contribution < 1.29 is 14.3 Å². The highest BCUT2D eigenvalue weighted by Gasteiger charge is 2.53. The van der Waals surface area contributed by atoms with Crippen LogP contribution in [0, 0.1) is 5.92 Å². The highest BCUT2D eigenvalue weighted by Crippen LogP contribution is 2.46. The molecule has 0 N–H and O–H groups in total. The van der Waals surface area contributed by atoms with E-state index in [-0.39, 0.29) is 17.1 Å². The number of hydrogen-bond donors (Lipinski definition) is 0. The fourth-order valence-corrected chi connectivity index (χ4v) is 3.99. The maximum Gasteiger partial charge on any atom is 0.178 e. The van der Waals surface area contributed by atoms with E-state index in [2.05, 4.69) is 24.3 Å². The summed E-state index contributed by atoms with van der Waals surface area (Å²) in [6.45, 7) is 3.10. The number of hydrogen-bond acceptors (Lipinski definition) is 3. The molecule has 0 radical (unpaired) electrons. The molecular formula is C21H22O3. The van der Waals surface area contributed by atoms with Crippen molar-refractivity contribution in [2.75, 3.05) is 13.2 Å². The second-order valence-corrected chi connectivity index (χ2v) is 7.02. The van der Waals surface area contributed by atoms with Gasteiger partial charge in [0.15, 0.2) is 5.79 Å². The van der Waals surface area contributed by atoms with Crippen LogP contribution in [0.2, 0.25) is 0 Å². The van der Waals surface area contributed by atoms with E-state index >= 15 is 0 Å². The largest absolute Gasteiger partial charge is 0.348 e. The molecule has 0 unspecified atom stereocenters. The zero-order valence-corrected chi connectivity index (χ0v) is 13.9. The van der Waals surface area contributed by atoms with Crippen molar-refractivity contribution >= 4 is 5.78 Å². The van der Waals surface area contributed by atoms with Crippen molar-refractivity contribution in [1.82, 2.24) is 0 Å².